The zero-order valence-corrected chi connectivity index (χ0v) is 13.6. The molecular formula is C18H20N2O4. The van der Waals surface area contributed by atoms with E-state index in [4.69, 9.17) is 9.47 Å². The molecule has 126 valence electrons. The molecule has 0 radical (unpaired) electrons. The van der Waals surface area contributed by atoms with Gasteiger partial charge in [0.1, 0.15) is 0 Å². The van der Waals surface area contributed by atoms with Crippen LogP contribution in [0.15, 0.2) is 54.7 Å². The summed E-state index contributed by atoms with van der Waals surface area (Å²) in [7, 11) is 0. The summed E-state index contributed by atoms with van der Waals surface area (Å²) in [6.07, 6.45) is 0.614. The van der Waals surface area contributed by atoms with Gasteiger partial charge in [-0.25, -0.2) is 4.79 Å². The van der Waals surface area contributed by atoms with Crippen molar-refractivity contribution in [2.24, 2.45) is 0 Å². The maximum Gasteiger partial charge on any atom is 0.410 e. The smallest absolute Gasteiger partial charge is 0.410 e. The van der Waals surface area contributed by atoms with Gasteiger partial charge in [0, 0.05) is 32.2 Å². The van der Waals surface area contributed by atoms with Gasteiger partial charge in [-0.05, 0) is 17.7 Å². The van der Waals surface area contributed by atoms with Crippen LogP contribution < -0.4 is 5.32 Å². The minimum Gasteiger partial charge on any atom is -0.426 e. The third-order valence-electron chi connectivity index (χ3n) is 3.24. The lowest BCUT2D eigenvalue weighted by Gasteiger charge is -2.20. The molecule has 0 unspecified atom stereocenters. The van der Waals surface area contributed by atoms with Crippen LogP contribution in [-0.2, 0) is 20.7 Å². The normalized spacial score (nSPS) is 12.8. The van der Waals surface area contributed by atoms with Crippen LogP contribution in [0.4, 0.5) is 4.79 Å². The lowest BCUT2D eigenvalue weighted by atomic mass is 10.0. The number of pyridine rings is 1. The number of hydrogen-bond acceptors (Lipinski definition) is 5. The standard InChI is InChI=1S/C18H20N2O4/c1-13(21)23-14(2)24-18(22)20-17(15-8-4-3-5-9-15)12-16-10-6-7-11-19-16/h3-11,14,17H,12H2,1-2H3,(H,20,22)/t14-,17-/m0/s1. The second kappa shape index (κ2) is 8.67. The summed E-state index contributed by atoms with van der Waals surface area (Å²) in [6.45, 7) is 2.74. The first-order valence-corrected chi connectivity index (χ1v) is 7.64. The van der Waals surface area contributed by atoms with Gasteiger partial charge in [-0.2, -0.15) is 0 Å². The lowest BCUT2D eigenvalue weighted by Crippen LogP contribution is -2.34. The predicted molar refractivity (Wildman–Crippen MR) is 88.0 cm³/mol. The second-order valence-electron chi connectivity index (χ2n) is 5.22. The lowest BCUT2D eigenvalue weighted by molar-refractivity contribution is -0.162. The van der Waals surface area contributed by atoms with Crippen LogP contribution in [-0.4, -0.2) is 23.3 Å². The first-order chi connectivity index (χ1) is 11.5. The van der Waals surface area contributed by atoms with E-state index in [0.717, 1.165) is 11.3 Å². The van der Waals surface area contributed by atoms with Crippen LogP contribution >= 0.6 is 0 Å². The van der Waals surface area contributed by atoms with Gasteiger partial charge in [-0.15, -0.1) is 0 Å². The van der Waals surface area contributed by atoms with E-state index in [2.05, 4.69) is 10.3 Å². The molecule has 0 bridgehead atoms. The molecule has 1 aromatic heterocycles. The minimum absolute atomic E-state index is 0.307. The second-order valence-corrected chi connectivity index (χ2v) is 5.22. The Hall–Kier alpha value is -2.89. The molecule has 6 nitrogen and oxygen atoms in total. The van der Waals surface area contributed by atoms with Crippen molar-refractivity contribution in [1.29, 1.82) is 0 Å². The Kier molecular flexibility index (Phi) is 6.31. The highest BCUT2D eigenvalue weighted by molar-refractivity contribution is 5.69. The van der Waals surface area contributed by atoms with Gasteiger partial charge >= 0.3 is 12.1 Å². The van der Waals surface area contributed by atoms with Gasteiger partial charge < -0.3 is 14.8 Å². The number of nitrogens with one attached hydrogen (secondary N) is 1. The fraction of sp³-hybridized carbons (Fsp3) is 0.278. The maximum atomic E-state index is 12.1. The van der Waals surface area contributed by atoms with Gasteiger partial charge in [0.2, 0.25) is 6.29 Å². The van der Waals surface area contributed by atoms with Crippen molar-refractivity contribution < 1.29 is 19.1 Å². The number of aromatic nitrogens is 1. The molecule has 1 heterocycles. The molecule has 0 fully saturated rings. The first-order valence-electron chi connectivity index (χ1n) is 7.64. The number of benzene rings is 1. The molecule has 0 aliphatic heterocycles. The molecule has 1 aromatic carbocycles. The number of rotatable bonds is 6. The number of ether oxygens (including phenoxy) is 2. The fourth-order valence-electron chi connectivity index (χ4n) is 2.25. The van der Waals surface area contributed by atoms with Gasteiger partial charge in [-0.1, -0.05) is 36.4 Å². The predicted octanol–water partition coefficient (Wildman–Crippen LogP) is 3.00. The van der Waals surface area contributed by atoms with Gasteiger partial charge in [0.05, 0.1) is 6.04 Å². The average Bonchev–Trinajstić information content (AvgIpc) is 2.55. The molecule has 0 aliphatic rings. The van der Waals surface area contributed by atoms with Crippen molar-refractivity contribution in [3.05, 3.63) is 66.0 Å². The van der Waals surface area contributed by atoms with Crippen molar-refractivity contribution in [3.63, 3.8) is 0 Å². The SMILES string of the molecule is CC(=O)O[C@H](C)OC(=O)N[C@@H](Cc1ccccn1)c1ccccc1. The highest BCUT2D eigenvalue weighted by Crippen LogP contribution is 2.17. The number of carbonyl (C=O) groups is 2. The zero-order chi connectivity index (χ0) is 17.4. The van der Waals surface area contributed by atoms with Gasteiger partial charge in [0.25, 0.3) is 0 Å². The van der Waals surface area contributed by atoms with Crippen LogP contribution in [0, 0.1) is 0 Å². The number of nitrogens with zero attached hydrogens (tertiary/aromatic N) is 1. The van der Waals surface area contributed by atoms with E-state index in [-0.39, 0.29) is 6.04 Å². The zero-order valence-electron chi connectivity index (χ0n) is 13.6. The topological polar surface area (TPSA) is 77.5 Å². The number of esters is 1. The molecule has 0 spiro atoms. The molecule has 6 heteroatoms. The Morgan fingerprint density at radius 2 is 1.79 bits per heavy atom. The molecule has 2 aromatic rings. The number of carbonyl (C=O) groups excluding carboxylic acids is 2. The van der Waals surface area contributed by atoms with Crippen molar-refractivity contribution in [2.75, 3.05) is 0 Å². The van der Waals surface area contributed by atoms with Crippen LogP contribution in [0.1, 0.15) is 31.1 Å². The third-order valence-corrected chi connectivity index (χ3v) is 3.24. The van der Waals surface area contributed by atoms with Gasteiger partial charge in [0.15, 0.2) is 0 Å². The fourth-order valence-corrected chi connectivity index (χ4v) is 2.25. The van der Waals surface area contributed by atoms with Crippen molar-refractivity contribution in [2.45, 2.75) is 32.6 Å². The van der Waals surface area contributed by atoms with Crippen LogP contribution in [0.2, 0.25) is 0 Å². The third kappa shape index (κ3) is 5.72. The summed E-state index contributed by atoms with van der Waals surface area (Å²) in [6, 6.07) is 14.9. The molecule has 1 N–H and O–H groups in total. The Labute approximate surface area is 140 Å². The van der Waals surface area contributed by atoms with E-state index in [9.17, 15) is 9.59 Å². The first kappa shape index (κ1) is 17.5. The van der Waals surface area contributed by atoms with E-state index in [1.54, 1.807) is 6.20 Å². The van der Waals surface area contributed by atoms with Crippen LogP contribution in [0.3, 0.4) is 0 Å². The van der Waals surface area contributed by atoms with E-state index >= 15 is 0 Å². The summed E-state index contributed by atoms with van der Waals surface area (Å²) in [4.78, 5) is 27.2. The highest BCUT2D eigenvalue weighted by atomic mass is 16.7. The molecule has 2 atom stereocenters. The molecule has 0 aliphatic carbocycles. The molecule has 0 saturated carbocycles. The summed E-state index contributed by atoms with van der Waals surface area (Å²) >= 11 is 0. The molecule has 1 amide bonds. The Morgan fingerprint density at radius 1 is 1.08 bits per heavy atom. The Morgan fingerprint density at radius 3 is 2.42 bits per heavy atom. The molecule has 0 saturated heterocycles. The Bertz CT molecular complexity index is 661. The van der Waals surface area contributed by atoms with E-state index in [1.807, 2.05) is 48.5 Å². The average molecular weight is 328 g/mol. The number of hydrogen-bond donors (Lipinski definition) is 1. The monoisotopic (exact) mass is 328 g/mol. The summed E-state index contributed by atoms with van der Waals surface area (Å²) < 4.78 is 9.83. The van der Waals surface area contributed by atoms with E-state index in [1.165, 1.54) is 13.8 Å². The summed E-state index contributed by atoms with van der Waals surface area (Å²) in [5.41, 5.74) is 1.78. The molecule has 24 heavy (non-hydrogen) atoms. The molecule has 2 rings (SSSR count). The maximum absolute atomic E-state index is 12.1. The van der Waals surface area contributed by atoms with E-state index < -0.39 is 18.4 Å². The quantitative estimate of drug-likeness (QED) is 0.651. The number of alkyl carbamates (subject to hydrolysis) is 1. The summed E-state index contributed by atoms with van der Waals surface area (Å²) in [5.74, 6) is -0.511. The largest absolute Gasteiger partial charge is 0.426 e. The van der Waals surface area contributed by atoms with Gasteiger partial charge in [-0.3, -0.25) is 9.78 Å². The van der Waals surface area contributed by atoms with Crippen molar-refractivity contribution in [1.82, 2.24) is 10.3 Å². The van der Waals surface area contributed by atoms with Crippen molar-refractivity contribution >= 4 is 12.1 Å². The van der Waals surface area contributed by atoms with E-state index in [0.29, 0.717) is 6.42 Å². The van der Waals surface area contributed by atoms with Crippen LogP contribution in [0.25, 0.3) is 0 Å². The Balaban J connectivity index is 2.06. The van der Waals surface area contributed by atoms with Crippen LogP contribution in [0.5, 0.6) is 0 Å². The molecular weight excluding hydrogens is 308 g/mol. The summed E-state index contributed by atoms with van der Waals surface area (Å²) in [5, 5.41) is 2.79. The van der Waals surface area contributed by atoms with Crippen molar-refractivity contribution in [3.8, 4) is 0 Å². The highest BCUT2D eigenvalue weighted by Gasteiger charge is 2.19. The number of amides is 1. The minimum atomic E-state index is -0.950.